The Kier molecular flexibility index (Phi) is 5.18. The van der Waals surface area contributed by atoms with Crippen molar-refractivity contribution in [2.24, 2.45) is 11.8 Å². The fourth-order valence-electron chi connectivity index (χ4n) is 3.29. The number of benzene rings is 1. The van der Waals surface area contributed by atoms with E-state index >= 15 is 0 Å². The highest BCUT2D eigenvalue weighted by Crippen LogP contribution is 2.34. The number of aliphatic carboxylic acids is 1. The Morgan fingerprint density at radius 2 is 2.15 bits per heavy atom. The lowest BCUT2D eigenvalue weighted by atomic mass is 9.76. The fourth-order valence-corrected chi connectivity index (χ4v) is 3.29. The van der Waals surface area contributed by atoms with Gasteiger partial charge in [-0.15, -0.1) is 0 Å². The number of hydrogen-bond donors (Lipinski definition) is 1. The van der Waals surface area contributed by atoms with E-state index < -0.39 is 5.97 Å². The molecule has 3 unspecified atom stereocenters. The third-order valence-electron chi connectivity index (χ3n) is 4.59. The fraction of sp³-hybridized carbons (Fsp3) is 0.588. The Bertz CT molecular complexity index is 455. The van der Waals surface area contributed by atoms with Gasteiger partial charge in [-0.3, -0.25) is 4.79 Å². The van der Waals surface area contributed by atoms with Crippen molar-refractivity contribution in [3.05, 3.63) is 35.4 Å². The maximum atomic E-state index is 11.7. The first-order valence-corrected chi connectivity index (χ1v) is 7.42. The van der Waals surface area contributed by atoms with Gasteiger partial charge in [0.15, 0.2) is 0 Å². The van der Waals surface area contributed by atoms with Crippen molar-refractivity contribution >= 4 is 5.97 Å². The Balaban J connectivity index is 2.11. The van der Waals surface area contributed by atoms with Crippen LogP contribution in [0.3, 0.4) is 0 Å². The SMILES string of the molecule is COC1CCCC(C(Cc2ccccc2C)C(=O)O)C1. The number of rotatable bonds is 5. The first kappa shape index (κ1) is 15.0. The maximum absolute atomic E-state index is 11.7. The van der Waals surface area contributed by atoms with Crippen LogP contribution < -0.4 is 0 Å². The second-order valence-electron chi connectivity index (χ2n) is 5.86. The summed E-state index contributed by atoms with van der Waals surface area (Å²) in [5.74, 6) is -0.741. The van der Waals surface area contributed by atoms with Crippen LogP contribution >= 0.6 is 0 Å². The van der Waals surface area contributed by atoms with Crippen molar-refractivity contribution in [3.8, 4) is 0 Å². The van der Waals surface area contributed by atoms with Gasteiger partial charge in [0.05, 0.1) is 12.0 Å². The van der Waals surface area contributed by atoms with Gasteiger partial charge in [-0.25, -0.2) is 0 Å². The predicted molar refractivity (Wildman–Crippen MR) is 78.8 cm³/mol. The highest BCUT2D eigenvalue weighted by Gasteiger charge is 2.33. The molecule has 1 saturated carbocycles. The molecular formula is C17H24O3. The summed E-state index contributed by atoms with van der Waals surface area (Å²) in [5.41, 5.74) is 2.33. The van der Waals surface area contributed by atoms with Crippen molar-refractivity contribution in [3.63, 3.8) is 0 Å². The summed E-state index contributed by atoms with van der Waals surface area (Å²) in [6.45, 7) is 2.05. The minimum absolute atomic E-state index is 0.228. The summed E-state index contributed by atoms with van der Waals surface area (Å²) in [6, 6.07) is 8.07. The summed E-state index contributed by atoms with van der Waals surface area (Å²) in [6.07, 6.45) is 4.86. The van der Waals surface area contributed by atoms with Crippen LogP contribution in [0, 0.1) is 18.8 Å². The van der Waals surface area contributed by atoms with E-state index in [1.807, 2.05) is 31.2 Å². The van der Waals surface area contributed by atoms with E-state index in [4.69, 9.17) is 4.74 Å². The zero-order chi connectivity index (χ0) is 14.5. The molecule has 0 aliphatic heterocycles. The third-order valence-corrected chi connectivity index (χ3v) is 4.59. The Hall–Kier alpha value is -1.35. The van der Waals surface area contributed by atoms with Crippen molar-refractivity contribution in [1.29, 1.82) is 0 Å². The van der Waals surface area contributed by atoms with Gasteiger partial charge in [0.25, 0.3) is 0 Å². The van der Waals surface area contributed by atoms with Gasteiger partial charge in [0.2, 0.25) is 0 Å². The zero-order valence-corrected chi connectivity index (χ0v) is 12.3. The number of ether oxygens (including phenoxy) is 1. The largest absolute Gasteiger partial charge is 0.481 e. The molecule has 3 nitrogen and oxygen atoms in total. The van der Waals surface area contributed by atoms with E-state index in [9.17, 15) is 9.90 Å². The molecule has 3 heteroatoms. The highest BCUT2D eigenvalue weighted by atomic mass is 16.5. The maximum Gasteiger partial charge on any atom is 0.307 e. The first-order valence-electron chi connectivity index (χ1n) is 7.42. The van der Waals surface area contributed by atoms with Crippen LogP contribution in [-0.4, -0.2) is 24.3 Å². The van der Waals surface area contributed by atoms with E-state index in [2.05, 4.69) is 0 Å². The number of aryl methyl sites for hydroxylation is 1. The summed E-state index contributed by atoms with van der Waals surface area (Å²) in [4.78, 5) is 11.7. The summed E-state index contributed by atoms with van der Waals surface area (Å²) >= 11 is 0. The van der Waals surface area contributed by atoms with E-state index in [0.717, 1.165) is 31.2 Å². The molecule has 1 aromatic carbocycles. The van der Waals surface area contributed by atoms with Crippen molar-refractivity contribution in [2.75, 3.05) is 7.11 Å². The van der Waals surface area contributed by atoms with Crippen LogP contribution in [-0.2, 0) is 16.0 Å². The molecule has 0 bridgehead atoms. The third kappa shape index (κ3) is 3.60. The predicted octanol–water partition coefficient (Wildman–Crippen LogP) is 3.44. The molecule has 0 spiro atoms. The summed E-state index contributed by atoms with van der Waals surface area (Å²) < 4.78 is 5.43. The number of hydrogen-bond acceptors (Lipinski definition) is 2. The van der Waals surface area contributed by atoms with Gasteiger partial charge in [0.1, 0.15) is 0 Å². The molecule has 1 N–H and O–H groups in total. The van der Waals surface area contributed by atoms with Crippen LogP contribution in [0.5, 0.6) is 0 Å². The molecule has 1 fully saturated rings. The van der Waals surface area contributed by atoms with Crippen molar-refractivity contribution in [2.45, 2.75) is 45.1 Å². The number of carboxylic acids is 1. The monoisotopic (exact) mass is 276 g/mol. The Morgan fingerprint density at radius 1 is 1.40 bits per heavy atom. The van der Waals surface area contributed by atoms with Gasteiger partial charge >= 0.3 is 5.97 Å². The minimum Gasteiger partial charge on any atom is -0.481 e. The topological polar surface area (TPSA) is 46.5 Å². The smallest absolute Gasteiger partial charge is 0.307 e. The quantitative estimate of drug-likeness (QED) is 0.896. The minimum atomic E-state index is -0.671. The highest BCUT2D eigenvalue weighted by molar-refractivity contribution is 5.71. The second kappa shape index (κ2) is 6.89. The zero-order valence-electron chi connectivity index (χ0n) is 12.3. The lowest BCUT2D eigenvalue weighted by Gasteiger charge is -2.32. The van der Waals surface area contributed by atoms with E-state index in [1.165, 1.54) is 5.56 Å². The lowest BCUT2D eigenvalue weighted by molar-refractivity contribution is -0.144. The lowest BCUT2D eigenvalue weighted by Crippen LogP contribution is -2.32. The average Bonchev–Trinajstić information content (AvgIpc) is 2.46. The molecule has 1 aromatic rings. The van der Waals surface area contributed by atoms with Crippen molar-refractivity contribution in [1.82, 2.24) is 0 Å². The van der Waals surface area contributed by atoms with Gasteiger partial charge in [-0.05, 0) is 49.7 Å². The van der Waals surface area contributed by atoms with Crippen LogP contribution in [0.25, 0.3) is 0 Å². The molecule has 1 aliphatic carbocycles. The van der Waals surface area contributed by atoms with Crippen molar-refractivity contribution < 1.29 is 14.6 Å². The number of methoxy groups -OCH3 is 1. The van der Waals surface area contributed by atoms with Crippen LogP contribution in [0.15, 0.2) is 24.3 Å². The summed E-state index contributed by atoms with van der Waals surface area (Å²) in [5, 5.41) is 9.60. The molecule has 110 valence electrons. The standard InChI is InChI=1S/C17H24O3/c1-12-6-3-4-7-13(12)11-16(17(18)19)14-8-5-9-15(10-14)20-2/h3-4,6-7,14-16H,5,8-11H2,1-2H3,(H,18,19). The first-order chi connectivity index (χ1) is 9.61. The second-order valence-corrected chi connectivity index (χ2v) is 5.86. The molecule has 0 amide bonds. The molecule has 1 aliphatic rings. The molecule has 0 saturated heterocycles. The van der Waals surface area contributed by atoms with Crippen LogP contribution in [0.1, 0.15) is 36.8 Å². The van der Waals surface area contributed by atoms with Crippen LogP contribution in [0.2, 0.25) is 0 Å². The molecular weight excluding hydrogens is 252 g/mol. The van der Waals surface area contributed by atoms with E-state index in [-0.39, 0.29) is 17.9 Å². The molecule has 20 heavy (non-hydrogen) atoms. The van der Waals surface area contributed by atoms with E-state index in [1.54, 1.807) is 7.11 Å². The number of carbonyl (C=O) groups is 1. The molecule has 3 atom stereocenters. The van der Waals surface area contributed by atoms with Gasteiger partial charge in [-0.1, -0.05) is 30.7 Å². The average molecular weight is 276 g/mol. The molecule has 0 radical (unpaired) electrons. The van der Waals surface area contributed by atoms with Crippen LogP contribution in [0.4, 0.5) is 0 Å². The molecule has 0 aromatic heterocycles. The normalized spacial score (nSPS) is 24.3. The molecule has 2 rings (SSSR count). The summed E-state index contributed by atoms with van der Waals surface area (Å²) in [7, 11) is 1.73. The number of carboxylic acid groups (broad SMARTS) is 1. The van der Waals surface area contributed by atoms with Gasteiger partial charge in [0, 0.05) is 7.11 Å². The molecule has 0 heterocycles. The Morgan fingerprint density at radius 3 is 2.80 bits per heavy atom. The Labute approximate surface area is 121 Å². The van der Waals surface area contributed by atoms with E-state index in [0.29, 0.717) is 6.42 Å². The van der Waals surface area contributed by atoms with Gasteiger partial charge in [-0.2, -0.15) is 0 Å². The van der Waals surface area contributed by atoms with Gasteiger partial charge < -0.3 is 9.84 Å².